The standard InChI is InChI=1S/C31H25NO4S/c1-2-36-29(35)30(22-14-7-4-8-15-22)27(26(33)25-18-11-19-37-25)31(30)23-16-9-10-17-24(23)32(28(31)34)20-21-12-5-3-6-13-21/h3-19,27H,2,20H2,1H3/t27-,30+,31?/m1/s1. The average Bonchev–Trinajstić information content (AvgIpc) is 3.15. The Balaban J connectivity index is 1.61. The molecule has 3 atom stereocenters. The number of carbonyl (C=O) groups excluding carboxylic acids is 3. The number of amides is 1. The van der Waals surface area contributed by atoms with Gasteiger partial charge in [-0.3, -0.25) is 14.4 Å². The van der Waals surface area contributed by atoms with E-state index < -0.39 is 22.7 Å². The van der Waals surface area contributed by atoms with Gasteiger partial charge in [0.15, 0.2) is 5.78 Å². The van der Waals surface area contributed by atoms with Crippen LogP contribution in [0, 0.1) is 5.92 Å². The molecule has 3 aromatic carbocycles. The van der Waals surface area contributed by atoms with E-state index in [2.05, 4.69) is 0 Å². The molecule has 2 heterocycles. The average molecular weight is 508 g/mol. The summed E-state index contributed by atoms with van der Waals surface area (Å²) in [4.78, 5) is 45.2. The maximum atomic E-state index is 14.7. The molecule has 6 rings (SSSR count). The molecule has 5 nitrogen and oxygen atoms in total. The van der Waals surface area contributed by atoms with Crippen molar-refractivity contribution in [3.05, 3.63) is 124 Å². The van der Waals surface area contributed by atoms with Crippen LogP contribution in [0.2, 0.25) is 0 Å². The van der Waals surface area contributed by atoms with Crippen LogP contribution in [0.25, 0.3) is 0 Å². The zero-order valence-electron chi connectivity index (χ0n) is 20.3. The van der Waals surface area contributed by atoms with E-state index >= 15 is 0 Å². The predicted molar refractivity (Wildman–Crippen MR) is 143 cm³/mol. The first-order chi connectivity index (χ1) is 18.1. The Morgan fingerprint density at radius 1 is 0.892 bits per heavy atom. The highest BCUT2D eigenvalue weighted by molar-refractivity contribution is 7.12. The van der Waals surface area contributed by atoms with E-state index in [4.69, 9.17) is 4.74 Å². The van der Waals surface area contributed by atoms with Crippen LogP contribution in [0.3, 0.4) is 0 Å². The number of para-hydroxylation sites is 1. The number of ketones is 1. The Labute approximate surface area is 219 Å². The molecule has 184 valence electrons. The maximum absolute atomic E-state index is 14.7. The predicted octanol–water partition coefficient (Wildman–Crippen LogP) is 5.55. The summed E-state index contributed by atoms with van der Waals surface area (Å²) in [5.74, 6) is -1.92. The molecule has 0 bridgehead atoms. The van der Waals surface area contributed by atoms with Crippen LogP contribution in [0.5, 0.6) is 0 Å². The van der Waals surface area contributed by atoms with Gasteiger partial charge in [0.05, 0.1) is 23.9 Å². The number of anilines is 1. The van der Waals surface area contributed by atoms with Crippen molar-refractivity contribution in [1.82, 2.24) is 0 Å². The number of hydrogen-bond acceptors (Lipinski definition) is 5. The Morgan fingerprint density at radius 3 is 2.24 bits per heavy atom. The van der Waals surface area contributed by atoms with Crippen LogP contribution < -0.4 is 4.90 Å². The number of hydrogen-bond donors (Lipinski definition) is 0. The van der Waals surface area contributed by atoms with E-state index in [9.17, 15) is 14.4 Å². The Bertz CT molecular complexity index is 1480. The molecule has 2 aliphatic rings. The van der Waals surface area contributed by atoms with Crippen LogP contribution in [0.15, 0.2) is 102 Å². The van der Waals surface area contributed by atoms with Gasteiger partial charge in [0.25, 0.3) is 0 Å². The summed E-state index contributed by atoms with van der Waals surface area (Å²) < 4.78 is 5.67. The van der Waals surface area contributed by atoms with Crippen LogP contribution in [-0.2, 0) is 31.7 Å². The lowest BCUT2D eigenvalue weighted by molar-refractivity contribution is -0.148. The fourth-order valence-corrected chi connectivity index (χ4v) is 6.92. The van der Waals surface area contributed by atoms with Gasteiger partial charge in [-0.25, -0.2) is 0 Å². The molecule has 1 aliphatic heterocycles. The zero-order chi connectivity index (χ0) is 25.6. The number of rotatable bonds is 7. The minimum absolute atomic E-state index is 0.146. The summed E-state index contributed by atoms with van der Waals surface area (Å²) in [6, 6.07) is 30.0. The number of nitrogens with zero attached hydrogens (tertiary/aromatic N) is 1. The highest BCUT2D eigenvalue weighted by Gasteiger charge is 2.90. The molecule has 1 amide bonds. The summed E-state index contributed by atoms with van der Waals surface area (Å²) in [6.07, 6.45) is 0. The Kier molecular flexibility index (Phi) is 5.57. The fraction of sp³-hybridized carbons (Fsp3) is 0.194. The monoisotopic (exact) mass is 507 g/mol. The van der Waals surface area contributed by atoms with Crippen molar-refractivity contribution in [3.8, 4) is 0 Å². The van der Waals surface area contributed by atoms with Crippen molar-refractivity contribution >= 4 is 34.7 Å². The number of benzene rings is 3. The normalized spacial score (nSPS) is 23.6. The number of Topliss-reactive ketones (excluding diaryl/α,β-unsaturated/α-hetero) is 1. The molecule has 1 fully saturated rings. The highest BCUT2D eigenvalue weighted by Crippen LogP contribution is 2.75. The molecule has 1 aliphatic carbocycles. The lowest BCUT2D eigenvalue weighted by Crippen LogP contribution is -2.40. The second kappa shape index (κ2) is 8.82. The number of esters is 1. The molecule has 0 N–H and O–H groups in total. The number of thiophene rings is 1. The molecule has 0 radical (unpaired) electrons. The van der Waals surface area contributed by atoms with E-state index in [0.717, 1.165) is 11.3 Å². The molecule has 37 heavy (non-hydrogen) atoms. The highest BCUT2D eigenvalue weighted by atomic mass is 32.1. The first kappa shape index (κ1) is 23.4. The lowest BCUT2D eigenvalue weighted by atomic mass is 9.82. The molecule has 0 saturated heterocycles. The van der Waals surface area contributed by atoms with Crippen LogP contribution in [0.1, 0.15) is 33.3 Å². The third kappa shape index (κ3) is 3.12. The first-order valence-electron chi connectivity index (χ1n) is 12.3. The van der Waals surface area contributed by atoms with Gasteiger partial charge in [-0.1, -0.05) is 84.9 Å². The Morgan fingerprint density at radius 2 is 1.57 bits per heavy atom. The topological polar surface area (TPSA) is 63.7 Å². The Hall–Kier alpha value is -4.03. The van der Waals surface area contributed by atoms with E-state index in [1.54, 1.807) is 17.9 Å². The second-order valence-corrected chi connectivity index (χ2v) is 10.3. The molecule has 1 aromatic heterocycles. The third-order valence-electron chi connectivity index (χ3n) is 7.64. The minimum Gasteiger partial charge on any atom is -0.465 e. The molecule has 1 spiro atoms. The van der Waals surface area contributed by atoms with Crippen molar-refractivity contribution in [2.24, 2.45) is 5.92 Å². The van der Waals surface area contributed by atoms with Crippen LogP contribution >= 0.6 is 11.3 Å². The number of carbonyl (C=O) groups is 3. The smallest absolute Gasteiger partial charge is 0.318 e. The van der Waals surface area contributed by atoms with Gasteiger partial charge in [0.1, 0.15) is 10.8 Å². The summed E-state index contributed by atoms with van der Waals surface area (Å²) in [7, 11) is 0. The van der Waals surface area contributed by atoms with Crippen LogP contribution in [-0.4, -0.2) is 24.3 Å². The second-order valence-electron chi connectivity index (χ2n) is 9.37. The van der Waals surface area contributed by atoms with Gasteiger partial charge in [-0.05, 0) is 41.1 Å². The van der Waals surface area contributed by atoms with Gasteiger partial charge in [0, 0.05) is 5.69 Å². The van der Waals surface area contributed by atoms with Crippen molar-refractivity contribution in [1.29, 1.82) is 0 Å². The van der Waals surface area contributed by atoms with Crippen molar-refractivity contribution in [2.75, 3.05) is 11.5 Å². The number of fused-ring (bicyclic) bond motifs is 2. The van der Waals surface area contributed by atoms with Gasteiger partial charge in [0.2, 0.25) is 5.91 Å². The largest absolute Gasteiger partial charge is 0.465 e. The van der Waals surface area contributed by atoms with E-state index in [-0.39, 0.29) is 18.3 Å². The maximum Gasteiger partial charge on any atom is 0.318 e. The molecule has 4 aromatic rings. The number of ether oxygens (including phenoxy) is 1. The van der Waals surface area contributed by atoms with Gasteiger partial charge in [-0.15, -0.1) is 11.3 Å². The SMILES string of the molecule is CCOC(=O)[C@]1(c2ccccc2)[C@@H](C(=O)c2cccs2)C12C(=O)N(Cc1ccccc1)c1ccccc12. The van der Waals surface area contributed by atoms with Crippen molar-refractivity contribution in [3.63, 3.8) is 0 Å². The minimum atomic E-state index is -1.47. The fourth-order valence-electron chi connectivity index (χ4n) is 6.23. The molecular formula is C31H25NO4S. The van der Waals surface area contributed by atoms with E-state index in [1.807, 2.05) is 96.4 Å². The molecule has 1 saturated carbocycles. The van der Waals surface area contributed by atoms with E-state index in [1.165, 1.54) is 11.3 Å². The summed E-state index contributed by atoms with van der Waals surface area (Å²) >= 11 is 1.32. The quantitative estimate of drug-likeness (QED) is 0.243. The third-order valence-corrected chi connectivity index (χ3v) is 8.53. The summed E-state index contributed by atoms with van der Waals surface area (Å²) in [5, 5.41) is 1.84. The van der Waals surface area contributed by atoms with Crippen LogP contribution in [0.4, 0.5) is 5.69 Å². The van der Waals surface area contributed by atoms with E-state index in [0.29, 0.717) is 22.5 Å². The zero-order valence-corrected chi connectivity index (χ0v) is 21.1. The van der Waals surface area contributed by atoms with Crippen molar-refractivity contribution < 1.29 is 19.1 Å². The van der Waals surface area contributed by atoms with Gasteiger partial charge >= 0.3 is 5.97 Å². The lowest BCUT2D eigenvalue weighted by Gasteiger charge is -2.22. The first-order valence-corrected chi connectivity index (χ1v) is 13.2. The molecular weight excluding hydrogens is 482 g/mol. The van der Waals surface area contributed by atoms with Gasteiger partial charge in [-0.2, -0.15) is 0 Å². The molecule has 1 unspecified atom stereocenters. The molecule has 6 heteroatoms. The summed E-state index contributed by atoms with van der Waals surface area (Å²) in [5.41, 5.74) is 0.140. The van der Waals surface area contributed by atoms with Gasteiger partial charge < -0.3 is 9.64 Å². The van der Waals surface area contributed by atoms with Crippen molar-refractivity contribution in [2.45, 2.75) is 24.3 Å². The summed E-state index contributed by atoms with van der Waals surface area (Å²) in [6.45, 7) is 2.23.